The van der Waals surface area contributed by atoms with Crippen molar-refractivity contribution < 1.29 is 19.1 Å². The number of methoxy groups -OCH3 is 1. The van der Waals surface area contributed by atoms with Crippen LogP contribution in [0, 0.1) is 0 Å². The monoisotopic (exact) mass is 442 g/mol. The third-order valence-electron chi connectivity index (χ3n) is 4.77. The van der Waals surface area contributed by atoms with E-state index in [2.05, 4.69) is 45.0 Å². The molecule has 0 unspecified atom stereocenters. The second-order valence-electron chi connectivity index (χ2n) is 7.17. The topological polar surface area (TPSA) is 151 Å². The zero-order chi connectivity index (χ0) is 22.9. The summed E-state index contributed by atoms with van der Waals surface area (Å²) in [4.78, 5) is 14.2. The number of ether oxygens (including phenoxy) is 1. The molecule has 170 valence electrons. The van der Waals surface area contributed by atoms with Gasteiger partial charge in [-0.05, 0) is 40.9 Å². The highest BCUT2D eigenvalue weighted by atomic mass is 16.6. The van der Waals surface area contributed by atoms with Crippen molar-refractivity contribution in [3.8, 4) is 11.6 Å². The lowest BCUT2D eigenvalue weighted by Crippen LogP contribution is -3.10. The van der Waals surface area contributed by atoms with Crippen molar-refractivity contribution in [1.29, 1.82) is 0 Å². The third kappa shape index (κ3) is 5.46. The molecule has 0 atom stereocenters. The van der Waals surface area contributed by atoms with E-state index in [1.165, 1.54) is 15.8 Å². The van der Waals surface area contributed by atoms with E-state index in [9.17, 15) is 4.79 Å². The summed E-state index contributed by atoms with van der Waals surface area (Å²) in [6.45, 7) is 6.60. The number of rotatable bonds is 11. The number of hydrazone groups is 1. The zero-order valence-corrected chi connectivity index (χ0v) is 18.4. The summed E-state index contributed by atoms with van der Waals surface area (Å²) in [7, 11) is 1.59. The van der Waals surface area contributed by atoms with Crippen LogP contribution in [0.1, 0.15) is 48.4 Å². The van der Waals surface area contributed by atoms with Gasteiger partial charge in [-0.3, -0.25) is 4.79 Å². The summed E-state index contributed by atoms with van der Waals surface area (Å²) in [6, 6.07) is 7.30. The van der Waals surface area contributed by atoms with Gasteiger partial charge < -0.3 is 15.4 Å². The van der Waals surface area contributed by atoms with Crippen LogP contribution in [0.4, 0.5) is 5.82 Å². The van der Waals surface area contributed by atoms with Crippen molar-refractivity contribution >= 4 is 17.9 Å². The van der Waals surface area contributed by atoms with Crippen LogP contribution in [0.5, 0.6) is 5.75 Å². The number of aromatic nitrogens is 5. The number of nitrogens with one attached hydrogen (secondary N) is 2. The summed E-state index contributed by atoms with van der Waals surface area (Å²) in [5.74, 6) is 0.456. The van der Waals surface area contributed by atoms with Crippen LogP contribution in [-0.4, -0.2) is 57.6 Å². The Kier molecular flexibility index (Phi) is 7.86. The second-order valence-corrected chi connectivity index (χ2v) is 7.17. The van der Waals surface area contributed by atoms with Crippen LogP contribution in [0.3, 0.4) is 0 Å². The highest BCUT2D eigenvalue weighted by molar-refractivity contribution is 5.94. The molecule has 2 aromatic heterocycles. The van der Waals surface area contributed by atoms with Crippen LogP contribution in [0.2, 0.25) is 0 Å². The van der Waals surface area contributed by atoms with Gasteiger partial charge in [-0.15, -0.1) is 5.10 Å². The highest BCUT2D eigenvalue weighted by Gasteiger charge is 2.26. The first-order chi connectivity index (χ1) is 15.6. The molecular weight excluding hydrogens is 414 g/mol. The van der Waals surface area contributed by atoms with E-state index in [1.54, 1.807) is 13.2 Å². The van der Waals surface area contributed by atoms with Gasteiger partial charge in [-0.25, -0.2) is 10.1 Å². The van der Waals surface area contributed by atoms with Crippen LogP contribution in [0.25, 0.3) is 5.82 Å². The van der Waals surface area contributed by atoms with E-state index in [1.807, 2.05) is 18.2 Å². The van der Waals surface area contributed by atoms with Gasteiger partial charge in [0.05, 0.1) is 26.4 Å². The fraction of sp³-hybridized carbons (Fsp3) is 0.400. The standard InChI is InChI=1S/C20H27N9O3/c1-4-9-28(10-5-2)13-16-17(23-27-29(16)19-18(21)25-32-26-19)20(30)24-22-12-14-7-6-8-15(11-14)31-3/h6-8,11-12H,4-5,9-10,13H2,1-3H3,(H2,21,25)(H,24,30)/p+1. The zero-order valence-electron chi connectivity index (χ0n) is 18.4. The van der Waals surface area contributed by atoms with Gasteiger partial charge in [0.1, 0.15) is 18.0 Å². The molecule has 12 heteroatoms. The molecule has 0 radical (unpaired) electrons. The minimum absolute atomic E-state index is 0.0617. The van der Waals surface area contributed by atoms with Crippen molar-refractivity contribution in [1.82, 2.24) is 30.7 Å². The smallest absolute Gasteiger partial charge is 0.294 e. The van der Waals surface area contributed by atoms with Gasteiger partial charge in [0.15, 0.2) is 5.69 Å². The van der Waals surface area contributed by atoms with E-state index in [0.29, 0.717) is 18.0 Å². The summed E-state index contributed by atoms with van der Waals surface area (Å²) >= 11 is 0. The highest BCUT2D eigenvalue weighted by Crippen LogP contribution is 2.15. The molecule has 12 nitrogen and oxygen atoms in total. The number of nitrogens with zero attached hydrogens (tertiary/aromatic N) is 6. The first kappa shape index (κ1) is 22.9. The number of amides is 1. The van der Waals surface area contributed by atoms with Crippen molar-refractivity contribution in [3.63, 3.8) is 0 Å². The van der Waals surface area contributed by atoms with Crippen molar-refractivity contribution in [3.05, 3.63) is 41.2 Å². The van der Waals surface area contributed by atoms with E-state index in [4.69, 9.17) is 15.1 Å². The molecule has 4 N–H and O–H groups in total. The Morgan fingerprint density at radius 3 is 2.75 bits per heavy atom. The quantitative estimate of drug-likeness (QED) is 0.282. The number of quaternary nitrogens is 1. The predicted octanol–water partition coefficient (Wildman–Crippen LogP) is 0.210. The van der Waals surface area contributed by atoms with Gasteiger partial charge in [0, 0.05) is 0 Å². The Morgan fingerprint density at radius 1 is 1.31 bits per heavy atom. The molecule has 0 bridgehead atoms. The van der Waals surface area contributed by atoms with E-state index >= 15 is 0 Å². The molecular formula is C20H28N9O3+. The Bertz CT molecular complexity index is 1050. The van der Waals surface area contributed by atoms with Gasteiger partial charge in [-0.2, -0.15) is 9.78 Å². The molecule has 0 fully saturated rings. The number of carbonyl (C=O) groups is 1. The molecule has 0 aliphatic heterocycles. The maximum absolute atomic E-state index is 12.9. The van der Waals surface area contributed by atoms with E-state index in [-0.39, 0.29) is 17.3 Å². The fourth-order valence-electron chi connectivity index (χ4n) is 3.33. The Hall–Kier alpha value is -3.80. The molecule has 1 aromatic carbocycles. The van der Waals surface area contributed by atoms with Crippen molar-refractivity contribution in [2.45, 2.75) is 33.2 Å². The molecule has 32 heavy (non-hydrogen) atoms. The molecule has 1 amide bonds. The number of hydrogen-bond donors (Lipinski definition) is 3. The number of carbonyl (C=O) groups excluding carboxylic acids is 1. The lowest BCUT2D eigenvalue weighted by molar-refractivity contribution is -0.914. The molecule has 0 aliphatic rings. The van der Waals surface area contributed by atoms with Crippen LogP contribution in [0.15, 0.2) is 34.0 Å². The predicted molar refractivity (Wildman–Crippen MR) is 117 cm³/mol. The molecule has 0 saturated carbocycles. The molecule has 3 rings (SSSR count). The van der Waals surface area contributed by atoms with Gasteiger partial charge in [0.2, 0.25) is 11.6 Å². The average Bonchev–Trinajstić information content (AvgIpc) is 3.40. The van der Waals surface area contributed by atoms with Gasteiger partial charge in [0.25, 0.3) is 5.91 Å². The Morgan fingerprint density at radius 2 is 2.09 bits per heavy atom. The normalized spacial score (nSPS) is 11.4. The molecule has 0 saturated heterocycles. The molecule has 2 heterocycles. The number of hydrogen-bond acceptors (Lipinski definition) is 9. The molecule has 3 aromatic rings. The van der Waals surface area contributed by atoms with E-state index in [0.717, 1.165) is 31.5 Å². The first-order valence-electron chi connectivity index (χ1n) is 10.4. The van der Waals surface area contributed by atoms with Gasteiger partial charge in [-0.1, -0.05) is 31.2 Å². The number of nitrogen functional groups attached to an aromatic ring is 1. The maximum Gasteiger partial charge on any atom is 0.294 e. The molecule has 0 spiro atoms. The first-order valence-corrected chi connectivity index (χ1v) is 10.4. The SMILES string of the molecule is CCC[NH+](CCC)Cc1c(C(=O)NN=Cc2cccc(OC)c2)nnn1-c1nonc1N. The summed E-state index contributed by atoms with van der Waals surface area (Å²) in [5, 5.41) is 19.6. The number of anilines is 1. The summed E-state index contributed by atoms with van der Waals surface area (Å²) in [6.07, 6.45) is 3.52. The maximum atomic E-state index is 12.9. The van der Waals surface area contributed by atoms with E-state index < -0.39 is 5.91 Å². The second kappa shape index (κ2) is 11.0. The van der Waals surface area contributed by atoms with Crippen LogP contribution in [-0.2, 0) is 6.54 Å². The van der Waals surface area contributed by atoms with Crippen molar-refractivity contribution in [2.75, 3.05) is 25.9 Å². The number of benzene rings is 1. The summed E-state index contributed by atoms with van der Waals surface area (Å²) < 4.78 is 11.3. The minimum Gasteiger partial charge on any atom is -0.497 e. The average molecular weight is 443 g/mol. The van der Waals surface area contributed by atoms with Crippen LogP contribution < -0.4 is 20.8 Å². The molecule has 0 aliphatic carbocycles. The summed E-state index contributed by atoms with van der Waals surface area (Å²) in [5.41, 5.74) is 9.82. The van der Waals surface area contributed by atoms with Crippen LogP contribution >= 0.6 is 0 Å². The van der Waals surface area contributed by atoms with Crippen molar-refractivity contribution in [2.24, 2.45) is 5.10 Å². The Balaban J connectivity index is 1.85. The minimum atomic E-state index is -0.493. The lowest BCUT2D eigenvalue weighted by Gasteiger charge is -2.18. The third-order valence-corrected chi connectivity index (χ3v) is 4.77. The largest absolute Gasteiger partial charge is 0.497 e. The Labute approximate surface area is 185 Å². The number of nitrogens with two attached hydrogens (primary N) is 1. The lowest BCUT2D eigenvalue weighted by atomic mass is 10.2. The fourth-order valence-corrected chi connectivity index (χ4v) is 3.33. The van der Waals surface area contributed by atoms with Gasteiger partial charge >= 0.3 is 0 Å².